The van der Waals surface area contributed by atoms with Crippen molar-refractivity contribution in [3.8, 4) is 0 Å². The van der Waals surface area contributed by atoms with E-state index in [-0.39, 0.29) is 37.0 Å². The van der Waals surface area contributed by atoms with Crippen molar-refractivity contribution >= 4 is 29.3 Å². The smallest absolute Gasteiger partial charge is 0.348 e. The van der Waals surface area contributed by atoms with Gasteiger partial charge < -0.3 is 20.4 Å². The minimum Gasteiger partial charge on any atom is -0.348 e. The number of nitrogens with zero attached hydrogens (tertiary/aromatic N) is 6. The number of fused-ring (bicyclic) bond motifs is 1. The number of aromatic nitrogens is 4. The number of nitrogens with one attached hydrogen (secondary N) is 2. The second kappa shape index (κ2) is 7.89. The number of carbonyl (C=O) groups excluding carboxylic acids is 2. The van der Waals surface area contributed by atoms with E-state index in [1.54, 1.807) is 14.0 Å². The molecule has 0 aromatic carbocycles. The molecule has 0 bridgehead atoms. The lowest BCUT2D eigenvalue weighted by Crippen LogP contribution is -2.57. The van der Waals surface area contributed by atoms with Gasteiger partial charge in [0.15, 0.2) is 11.5 Å². The molecule has 4 rings (SSSR count). The standard InChI is InChI=1S/C20H25F3N8O2/c1-9(2)14-17(32)26-13-10(3)24-19(27-16(13)30(14)5)25-11-6-31(7-11)18(33)12-8-29(4)28-15(12)20(21,22)23/h8-9,11,14H,6-7H2,1-5H3,(H,26,32)(H,24,25,27). The molecular weight excluding hydrogens is 441 g/mol. The van der Waals surface area contributed by atoms with E-state index in [0.717, 1.165) is 10.9 Å². The molecule has 2 aliphatic heterocycles. The summed E-state index contributed by atoms with van der Waals surface area (Å²) in [6.07, 6.45) is -3.63. The Labute approximate surface area is 188 Å². The van der Waals surface area contributed by atoms with Gasteiger partial charge in [0.05, 0.1) is 17.3 Å². The zero-order valence-corrected chi connectivity index (χ0v) is 18.9. The first-order valence-electron chi connectivity index (χ1n) is 10.5. The van der Waals surface area contributed by atoms with Gasteiger partial charge in [-0.1, -0.05) is 13.8 Å². The van der Waals surface area contributed by atoms with Crippen LogP contribution in [-0.2, 0) is 18.0 Å². The minimum atomic E-state index is -4.71. The van der Waals surface area contributed by atoms with Gasteiger partial charge in [0.25, 0.3) is 5.91 Å². The highest BCUT2D eigenvalue weighted by Crippen LogP contribution is 2.35. The number of likely N-dealkylation sites (tertiary alicyclic amines) is 1. The molecular formula is C20H25F3N8O2. The molecule has 4 heterocycles. The molecule has 0 saturated carbocycles. The lowest BCUT2D eigenvalue weighted by molar-refractivity contribution is -0.141. The van der Waals surface area contributed by atoms with E-state index in [4.69, 9.17) is 0 Å². The highest BCUT2D eigenvalue weighted by Gasteiger charge is 2.42. The Kier molecular flexibility index (Phi) is 5.45. The molecule has 1 unspecified atom stereocenters. The van der Waals surface area contributed by atoms with Crippen molar-refractivity contribution < 1.29 is 22.8 Å². The lowest BCUT2D eigenvalue weighted by Gasteiger charge is -2.40. The summed E-state index contributed by atoms with van der Waals surface area (Å²) >= 11 is 0. The van der Waals surface area contributed by atoms with Gasteiger partial charge in [-0.25, -0.2) is 4.98 Å². The van der Waals surface area contributed by atoms with Gasteiger partial charge in [-0.2, -0.15) is 23.3 Å². The monoisotopic (exact) mass is 466 g/mol. The third kappa shape index (κ3) is 4.07. The van der Waals surface area contributed by atoms with Crippen LogP contribution in [0.25, 0.3) is 0 Å². The van der Waals surface area contributed by atoms with E-state index in [1.807, 2.05) is 18.7 Å². The van der Waals surface area contributed by atoms with E-state index in [0.29, 0.717) is 23.1 Å². The Morgan fingerprint density at radius 3 is 2.52 bits per heavy atom. The molecule has 1 atom stereocenters. The molecule has 1 saturated heterocycles. The third-order valence-electron chi connectivity index (χ3n) is 5.80. The average Bonchev–Trinajstić information content (AvgIpc) is 3.07. The highest BCUT2D eigenvalue weighted by molar-refractivity contribution is 6.03. The number of aryl methyl sites for hydroxylation is 2. The van der Waals surface area contributed by atoms with Gasteiger partial charge in [0, 0.05) is 33.4 Å². The van der Waals surface area contributed by atoms with Crippen LogP contribution >= 0.6 is 0 Å². The van der Waals surface area contributed by atoms with Gasteiger partial charge in [0.1, 0.15) is 11.7 Å². The summed E-state index contributed by atoms with van der Waals surface area (Å²) in [4.78, 5) is 37.1. The Bertz CT molecular complexity index is 1110. The maximum Gasteiger partial charge on any atom is 0.435 e. The van der Waals surface area contributed by atoms with Crippen molar-refractivity contribution in [2.45, 2.75) is 39.0 Å². The number of halogens is 3. The van der Waals surface area contributed by atoms with Crippen LogP contribution < -0.4 is 15.5 Å². The third-order valence-corrected chi connectivity index (χ3v) is 5.80. The summed E-state index contributed by atoms with van der Waals surface area (Å²) in [6.45, 7) is 6.06. The number of hydrogen-bond donors (Lipinski definition) is 2. The average molecular weight is 466 g/mol. The summed E-state index contributed by atoms with van der Waals surface area (Å²) < 4.78 is 40.5. The first kappa shape index (κ1) is 22.8. The quantitative estimate of drug-likeness (QED) is 0.708. The van der Waals surface area contributed by atoms with Gasteiger partial charge >= 0.3 is 6.18 Å². The normalized spacial score (nSPS) is 18.8. The highest BCUT2D eigenvalue weighted by atomic mass is 19.4. The molecule has 10 nitrogen and oxygen atoms in total. The summed E-state index contributed by atoms with van der Waals surface area (Å²) in [6, 6.07) is -0.597. The number of likely N-dealkylation sites (N-methyl/N-ethyl adjacent to an activating group) is 1. The summed E-state index contributed by atoms with van der Waals surface area (Å²) in [5.41, 5.74) is -0.528. The fraction of sp³-hybridized carbons (Fsp3) is 0.550. The van der Waals surface area contributed by atoms with Crippen molar-refractivity contribution in [3.63, 3.8) is 0 Å². The van der Waals surface area contributed by atoms with Crippen LogP contribution in [0.2, 0.25) is 0 Å². The first-order valence-corrected chi connectivity index (χ1v) is 10.5. The Morgan fingerprint density at radius 2 is 1.91 bits per heavy atom. The van der Waals surface area contributed by atoms with Crippen LogP contribution in [0.1, 0.15) is 35.6 Å². The molecule has 0 radical (unpaired) electrons. The number of amides is 2. The second-order valence-electron chi connectivity index (χ2n) is 8.73. The Balaban J connectivity index is 1.46. The van der Waals surface area contributed by atoms with E-state index in [1.165, 1.54) is 11.9 Å². The molecule has 33 heavy (non-hydrogen) atoms. The maximum atomic E-state index is 13.2. The topological polar surface area (TPSA) is 108 Å². The molecule has 13 heteroatoms. The fourth-order valence-corrected chi connectivity index (χ4v) is 4.22. The number of carbonyl (C=O) groups is 2. The van der Waals surface area contributed by atoms with Crippen molar-refractivity contribution in [1.29, 1.82) is 0 Å². The predicted octanol–water partition coefficient (Wildman–Crippen LogP) is 1.89. The van der Waals surface area contributed by atoms with E-state index < -0.39 is 23.3 Å². The van der Waals surface area contributed by atoms with Crippen LogP contribution in [0.5, 0.6) is 0 Å². The van der Waals surface area contributed by atoms with Gasteiger partial charge in [-0.05, 0) is 12.8 Å². The minimum absolute atomic E-state index is 0.0649. The number of hydrogen-bond acceptors (Lipinski definition) is 7. The molecule has 2 N–H and O–H groups in total. The van der Waals surface area contributed by atoms with Crippen LogP contribution in [0, 0.1) is 12.8 Å². The van der Waals surface area contributed by atoms with Gasteiger partial charge in [0.2, 0.25) is 11.9 Å². The van der Waals surface area contributed by atoms with E-state index in [2.05, 4.69) is 25.7 Å². The largest absolute Gasteiger partial charge is 0.435 e. The zero-order valence-electron chi connectivity index (χ0n) is 18.9. The molecule has 2 aliphatic rings. The summed E-state index contributed by atoms with van der Waals surface area (Å²) in [7, 11) is 3.14. The number of rotatable bonds is 4. The predicted molar refractivity (Wildman–Crippen MR) is 114 cm³/mol. The van der Waals surface area contributed by atoms with Crippen LogP contribution in [-0.4, -0.2) is 68.7 Å². The molecule has 178 valence electrons. The molecule has 0 spiro atoms. The lowest BCUT2D eigenvalue weighted by atomic mass is 9.99. The Hall–Kier alpha value is -3.38. The molecule has 2 aromatic rings. The van der Waals surface area contributed by atoms with Crippen molar-refractivity contribution in [2.75, 3.05) is 35.7 Å². The second-order valence-corrected chi connectivity index (χ2v) is 8.73. The van der Waals surface area contributed by atoms with E-state index in [9.17, 15) is 22.8 Å². The number of alkyl halides is 3. The SMILES string of the molecule is Cc1nc(NC2CN(C(=O)c3cn(C)nc3C(F)(F)F)C2)nc2c1NC(=O)C(C(C)C)N2C. The van der Waals surface area contributed by atoms with Gasteiger partial charge in [-0.3, -0.25) is 14.3 Å². The van der Waals surface area contributed by atoms with Crippen molar-refractivity contribution in [3.05, 3.63) is 23.1 Å². The summed E-state index contributed by atoms with van der Waals surface area (Å²) in [5, 5.41) is 9.39. The zero-order chi connectivity index (χ0) is 24.2. The molecule has 2 amide bonds. The fourth-order valence-electron chi connectivity index (χ4n) is 4.22. The van der Waals surface area contributed by atoms with Gasteiger partial charge in [-0.15, -0.1) is 0 Å². The van der Waals surface area contributed by atoms with Crippen LogP contribution in [0.15, 0.2) is 6.20 Å². The molecule has 2 aromatic heterocycles. The molecule has 1 fully saturated rings. The maximum absolute atomic E-state index is 13.2. The number of anilines is 3. The molecule has 0 aliphatic carbocycles. The summed E-state index contributed by atoms with van der Waals surface area (Å²) in [5.74, 6) is 0.134. The van der Waals surface area contributed by atoms with E-state index >= 15 is 0 Å². The Morgan fingerprint density at radius 1 is 1.24 bits per heavy atom. The van der Waals surface area contributed by atoms with Crippen LogP contribution in [0.4, 0.5) is 30.6 Å². The van der Waals surface area contributed by atoms with Crippen molar-refractivity contribution in [1.82, 2.24) is 24.6 Å². The first-order chi connectivity index (χ1) is 15.4. The van der Waals surface area contributed by atoms with Crippen molar-refractivity contribution in [2.24, 2.45) is 13.0 Å². The van der Waals surface area contributed by atoms with Crippen LogP contribution in [0.3, 0.4) is 0 Å².